The van der Waals surface area contributed by atoms with Gasteiger partial charge in [-0.1, -0.05) is 6.07 Å². The van der Waals surface area contributed by atoms with E-state index in [1.165, 1.54) is 4.68 Å². The Bertz CT molecular complexity index is 958. The monoisotopic (exact) mass is 319 g/mol. The summed E-state index contributed by atoms with van der Waals surface area (Å²) in [4.78, 5) is 8.43. The molecule has 2 aromatic heterocycles. The van der Waals surface area contributed by atoms with Crippen LogP contribution in [0.15, 0.2) is 65.9 Å². The molecule has 7 heteroatoms. The van der Waals surface area contributed by atoms with E-state index in [1.807, 2.05) is 0 Å². The summed E-state index contributed by atoms with van der Waals surface area (Å²) < 4.78 is 1.30. The molecule has 0 aliphatic rings. The van der Waals surface area contributed by atoms with E-state index in [9.17, 15) is 0 Å². The van der Waals surface area contributed by atoms with Crippen LogP contribution in [-0.2, 0) is 0 Å². The van der Waals surface area contributed by atoms with Gasteiger partial charge in [-0.05, 0) is 42.5 Å². The Hall–Kier alpha value is -3.61. The molecular formula is C17H17N7. The van der Waals surface area contributed by atoms with Gasteiger partial charge in [0.05, 0.1) is 11.4 Å². The van der Waals surface area contributed by atoms with Crippen molar-refractivity contribution in [1.29, 1.82) is 5.41 Å². The van der Waals surface area contributed by atoms with E-state index in [1.54, 1.807) is 60.9 Å². The minimum atomic E-state index is 0.306. The summed E-state index contributed by atoms with van der Waals surface area (Å²) in [6, 6.07) is 14.0. The number of nitrogens with one attached hydrogen (secondary N) is 1. The fourth-order valence-corrected chi connectivity index (χ4v) is 2.25. The molecular weight excluding hydrogens is 302 g/mol. The zero-order valence-electron chi connectivity index (χ0n) is 12.8. The first-order chi connectivity index (χ1) is 11.6. The summed E-state index contributed by atoms with van der Waals surface area (Å²) in [5, 5.41) is 8.36. The fourth-order valence-electron chi connectivity index (χ4n) is 2.25. The third-order valence-corrected chi connectivity index (χ3v) is 3.56. The highest BCUT2D eigenvalue weighted by Gasteiger charge is 2.09. The Morgan fingerprint density at radius 1 is 1.04 bits per heavy atom. The number of hydrogen-bond donors (Lipinski definition) is 4. The van der Waals surface area contributed by atoms with Crippen LogP contribution in [0.4, 0.5) is 17.2 Å². The normalized spacial score (nSPS) is 11.4. The molecule has 0 bridgehead atoms. The second-order valence-corrected chi connectivity index (χ2v) is 5.17. The van der Waals surface area contributed by atoms with Crippen LogP contribution in [0, 0.1) is 5.41 Å². The Morgan fingerprint density at radius 3 is 2.54 bits per heavy atom. The molecule has 7 N–H and O–H groups in total. The van der Waals surface area contributed by atoms with E-state index in [4.69, 9.17) is 22.7 Å². The van der Waals surface area contributed by atoms with Crippen LogP contribution in [0.1, 0.15) is 11.1 Å². The van der Waals surface area contributed by atoms with Gasteiger partial charge in [-0.2, -0.15) is 0 Å². The standard InChI is InChI=1S/C17H17N7/c18-14-5-4-12(23-16-3-1-2-15(19)24(16)21)10-13(14)17(20)11-6-8-22-9-7-11/h1-10,20H,18-19,21H2. The summed E-state index contributed by atoms with van der Waals surface area (Å²) >= 11 is 0. The lowest BCUT2D eigenvalue weighted by Crippen LogP contribution is -2.29. The van der Waals surface area contributed by atoms with Gasteiger partial charge in [0.15, 0.2) is 5.49 Å². The Morgan fingerprint density at radius 2 is 1.79 bits per heavy atom. The number of aromatic nitrogens is 2. The molecule has 0 fully saturated rings. The van der Waals surface area contributed by atoms with Crippen LogP contribution in [0.3, 0.4) is 0 Å². The van der Waals surface area contributed by atoms with Gasteiger partial charge in [0.2, 0.25) is 0 Å². The molecule has 0 radical (unpaired) electrons. The zero-order valence-corrected chi connectivity index (χ0v) is 12.8. The molecule has 7 nitrogen and oxygen atoms in total. The van der Waals surface area contributed by atoms with Crippen molar-refractivity contribution >= 4 is 22.9 Å². The molecule has 0 amide bonds. The lowest BCUT2D eigenvalue weighted by molar-refractivity contribution is 0.917. The highest BCUT2D eigenvalue weighted by Crippen LogP contribution is 2.22. The average Bonchev–Trinajstić information content (AvgIpc) is 2.61. The van der Waals surface area contributed by atoms with Gasteiger partial charge in [0, 0.05) is 29.2 Å². The van der Waals surface area contributed by atoms with Crippen molar-refractivity contribution in [3.05, 3.63) is 77.5 Å². The van der Waals surface area contributed by atoms with E-state index >= 15 is 0 Å². The predicted molar refractivity (Wildman–Crippen MR) is 95.2 cm³/mol. The van der Waals surface area contributed by atoms with Crippen molar-refractivity contribution in [2.24, 2.45) is 4.99 Å². The SMILES string of the molecule is N=C(c1ccncc1)c1cc(N=c2cccc(N)n2N)ccc1N. The number of nitrogens with zero attached hydrogens (tertiary/aromatic N) is 3. The van der Waals surface area contributed by atoms with Crippen LogP contribution in [0.5, 0.6) is 0 Å². The second kappa shape index (κ2) is 6.25. The number of anilines is 2. The van der Waals surface area contributed by atoms with Gasteiger partial charge in [-0.15, -0.1) is 0 Å². The zero-order chi connectivity index (χ0) is 17.1. The first kappa shape index (κ1) is 15.3. The number of hydrogen-bond acceptors (Lipinski definition) is 6. The first-order valence-corrected chi connectivity index (χ1v) is 7.22. The van der Waals surface area contributed by atoms with Crippen molar-refractivity contribution in [1.82, 2.24) is 9.66 Å². The molecule has 0 saturated carbocycles. The maximum absolute atomic E-state index is 8.36. The highest BCUT2D eigenvalue weighted by molar-refractivity contribution is 6.14. The van der Waals surface area contributed by atoms with Gasteiger partial charge in [0.25, 0.3) is 0 Å². The summed E-state index contributed by atoms with van der Waals surface area (Å²) in [6.07, 6.45) is 3.27. The molecule has 3 aromatic rings. The van der Waals surface area contributed by atoms with Gasteiger partial charge >= 0.3 is 0 Å². The molecule has 0 saturated heterocycles. The molecule has 0 aliphatic heterocycles. The summed E-state index contributed by atoms with van der Waals surface area (Å²) in [5.74, 6) is 6.27. The molecule has 0 atom stereocenters. The number of nitrogen functional groups attached to an aromatic ring is 3. The van der Waals surface area contributed by atoms with Crippen molar-refractivity contribution < 1.29 is 0 Å². The van der Waals surface area contributed by atoms with E-state index in [0.717, 1.165) is 5.56 Å². The smallest absolute Gasteiger partial charge is 0.153 e. The van der Waals surface area contributed by atoms with Crippen LogP contribution >= 0.6 is 0 Å². The number of nitrogens with two attached hydrogens (primary N) is 3. The molecule has 3 rings (SSSR count). The molecule has 1 aromatic carbocycles. The van der Waals surface area contributed by atoms with Gasteiger partial charge in [0.1, 0.15) is 5.82 Å². The van der Waals surface area contributed by atoms with Crippen molar-refractivity contribution in [3.8, 4) is 0 Å². The third-order valence-electron chi connectivity index (χ3n) is 3.56. The summed E-state index contributed by atoms with van der Waals surface area (Å²) in [7, 11) is 0. The summed E-state index contributed by atoms with van der Waals surface area (Å²) in [6.45, 7) is 0. The van der Waals surface area contributed by atoms with Crippen LogP contribution in [0.2, 0.25) is 0 Å². The number of rotatable bonds is 3. The van der Waals surface area contributed by atoms with Gasteiger partial charge < -0.3 is 17.3 Å². The van der Waals surface area contributed by atoms with E-state index in [-0.39, 0.29) is 0 Å². The largest absolute Gasteiger partial charge is 0.398 e. The molecule has 0 spiro atoms. The molecule has 120 valence electrons. The van der Waals surface area contributed by atoms with E-state index in [0.29, 0.717) is 34.0 Å². The van der Waals surface area contributed by atoms with Gasteiger partial charge in [-0.3, -0.25) is 10.4 Å². The summed E-state index contributed by atoms with van der Waals surface area (Å²) in [5.41, 5.74) is 15.1. The van der Waals surface area contributed by atoms with Crippen molar-refractivity contribution in [2.75, 3.05) is 17.3 Å². The fraction of sp³-hybridized carbons (Fsp3) is 0. The van der Waals surface area contributed by atoms with E-state index in [2.05, 4.69) is 9.98 Å². The maximum Gasteiger partial charge on any atom is 0.153 e. The van der Waals surface area contributed by atoms with Crippen LogP contribution in [-0.4, -0.2) is 15.4 Å². The first-order valence-electron chi connectivity index (χ1n) is 7.22. The molecule has 0 aliphatic carbocycles. The van der Waals surface area contributed by atoms with E-state index < -0.39 is 0 Å². The molecule has 24 heavy (non-hydrogen) atoms. The minimum Gasteiger partial charge on any atom is -0.398 e. The highest BCUT2D eigenvalue weighted by atomic mass is 15.3. The number of pyridine rings is 2. The van der Waals surface area contributed by atoms with Crippen LogP contribution in [0.25, 0.3) is 0 Å². The lowest BCUT2D eigenvalue weighted by atomic mass is 10.0. The van der Waals surface area contributed by atoms with Crippen molar-refractivity contribution in [2.45, 2.75) is 0 Å². The van der Waals surface area contributed by atoms with Gasteiger partial charge in [-0.25, -0.2) is 9.67 Å². The second-order valence-electron chi connectivity index (χ2n) is 5.17. The maximum atomic E-state index is 8.36. The third kappa shape index (κ3) is 2.95. The Balaban J connectivity index is 2.07. The Labute approximate surface area is 138 Å². The molecule has 2 heterocycles. The van der Waals surface area contributed by atoms with Crippen molar-refractivity contribution in [3.63, 3.8) is 0 Å². The minimum absolute atomic E-state index is 0.306. The molecule has 0 unspecified atom stereocenters. The predicted octanol–water partition coefficient (Wildman–Crippen LogP) is 1.41. The average molecular weight is 319 g/mol. The topological polar surface area (TPSA) is 132 Å². The quantitative estimate of drug-likeness (QED) is 0.330. The lowest BCUT2D eigenvalue weighted by Gasteiger charge is -2.09. The Kier molecular flexibility index (Phi) is 3.98. The van der Waals surface area contributed by atoms with Crippen LogP contribution < -0.4 is 22.8 Å². The number of benzene rings is 1.